The third-order valence-electron chi connectivity index (χ3n) is 9.18. The fourth-order valence-electron chi connectivity index (χ4n) is 6.30. The number of imidazole rings is 1. The quantitative estimate of drug-likeness (QED) is 0.145. The van der Waals surface area contributed by atoms with E-state index in [1.54, 1.807) is 65.4 Å². The summed E-state index contributed by atoms with van der Waals surface area (Å²) in [6.07, 6.45) is 9.88. The SMILES string of the molecule is CC.Cc1ccc(S(=O)(=O)N2CCC[C@H]2CCn2ccnc2)cc1.Cc1ccc(S(=O)(=O)OCC[C@@H]2CCCN2S(=O)(=O)c2ccc(C)cc2)cc1. The summed E-state index contributed by atoms with van der Waals surface area (Å²) in [5, 5.41) is 0. The first-order valence-corrected chi connectivity index (χ1v) is 22.1. The molecule has 0 aliphatic carbocycles. The van der Waals surface area contributed by atoms with Gasteiger partial charge in [0.1, 0.15) is 0 Å². The van der Waals surface area contributed by atoms with Crippen LogP contribution in [0.25, 0.3) is 0 Å². The van der Waals surface area contributed by atoms with E-state index in [9.17, 15) is 25.3 Å². The van der Waals surface area contributed by atoms with Gasteiger partial charge in [0, 0.05) is 44.1 Å². The third-order valence-corrected chi connectivity index (χ3v) is 14.4. The van der Waals surface area contributed by atoms with Gasteiger partial charge in [0.2, 0.25) is 20.0 Å². The van der Waals surface area contributed by atoms with Crippen molar-refractivity contribution < 1.29 is 29.4 Å². The molecule has 11 nitrogen and oxygen atoms in total. The maximum absolute atomic E-state index is 12.9. The molecule has 6 rings (SSSR count). The standard InChI is InChI=1S/C20H25NO5S2.C16H21N3O2S.C2H6/c1-16-5-9-19(10-6-16)27(22,23)21-14-3-4-18(21)13-15-26-28(24,25)20-11-7-17(2)8-12-20;1-14-4-6-16(7-5-14)22(20,21)19-10-2-3-15(19)8-11-18-12-9-17-13-18;1-2/h5-12,18H,3-4,13-15H2,1-2H3;4-7,9,12-13,15H,2-3,8,10-11H2,1H3;1-2H3/t18-;15-;/m00./s1. The molecule has 2 fully saturated rings. The number of hydrogen-bond acceptors (Lipinski definition) is 8. The van der Waals surface area contributed by atoms with Crippen LogP contribution < -0.4 is 0 Å². The van der Waals surface area contributed by atoms with E-state index < -0.39 is 30.2 Å². The van der Waals surface area contributed by atoms with Crippen molar-refractivity contribution in [3.8, 4) is 0 Å². The van der Waals surface area contributed by atoms with E-state index in [0.29, 0.717) is 30.8 Å². The Morgan fingerprint density at radius 1 is 0.635 bits per heavy atom. The minimum atomic E-state index is -3.85. The molecule has 2 saturated heterocycles. The average Bonchev–Trinajstić information content (AvgIpc) is 3.92. The van der Waals surface area contributed by atoms with Gasteiger partial charge in [0.25, 0.3) is 10.1 Å². The lowest BCUT2D eigenvalue weighted by atomic mass is 10.1. The summed E-state index contributed by atoms with van der Waals surface area (Å²) < 4.78 is 86.4. The number of nitrogens with zero attached hydrogens (tertiary/aromatic N) is 4. The van der Waals surface area contributed by atoms with E-state index in [2.05, 4.69) is 4.98 Å². The van der Waals surface area contributed by atoms with E-state index >= 15 is 0 Å². The highest BCUT2D eigenvalue weighted by atomic mass is 32.2. The molecule has 0 saturated carbocycles. The van der Waals surface area contributed by atoms with Gasteiger partial charge in [-0.25, -0.2) is 21.8 Å². The van der Waals surface area contributed by atoms with Crippen molar-refractivity contribution in [2.24, 2.45) is 0 Å². The Hall–Kier alpha value is -3.40. The minimum absolute atomic E-state index is 0.0548. The van der Waals surface area contributed by atoms with Crippen molar-refractivity contribution in [1.29, 1.82) is 0 Å². The van der Waals surface area contributed by atoms with Gasteiger partial charge in [0.15, 0.2) is 0 Å². The summed E-state index contributed by atoms with van der Waals surface area (Å²) >= 11 is 0. The molecule has 1 aromatic heterocycles. The molecule has 2 atom stereocenters. The Bertz CT molecular complexity index is 2020. The number of benzene rings is 3. The maximum Gasteiger partial charge on any atom is 0.296 e. The fraction of sp³-hybridized carbons (Fsp3) is 0.447. The minimum Gasteiger partial charge on any atom is -0.337 e. The topological polar surface area (TPSA) is 136 Å². The highest BCUT2D eigenvalue weighted by Gasteiger charge is 2.36. The van der Waals surface area contributed by atoms with Gasteiger partial charge in [0.05, 0.1) is 27.6 Å². The number of hydrogen-bond donors (Lipinski definition) is 0. The van der Waals surface area contributed by atoms with E-state index in [1.165, 1.54) is 16.4 Å². The van der Waals surface area contributed by atoms with Crippen LogP contribution in [0.3, 0.4) is 0 Å². The smallest absolute Gasteiger partial charge is 0.296 e. The first-order valence-electron chi connectivity index (χ1n) is 17.9. The molecule has 2 aliphatic heterocycles. The highest BCUT2D eigenvalue weighted by molar-refractivity contribution is 7.89. The zero-order chi connectivity index (χ0) is 37.9. The molecule has 0 amide bonds. The van der Waals surface area contributed by atoms with Gasteiger partial charge >= 0.3 is 0 Å². The average molecular weight is 773 g/mol. The molecule has 52 heavy (non-hydrogen) atoms. The molecule has 14 heteroatoms. The highest BCUT2D eigenvalue weighted by Crippen LogP contribution is 2.30. The van der Waals surface area contributed by atoms with Gasteiger partial charge in [-0.1, -0.05) is 66.9 Å². The lowest BCUT2D eigenvalue weighted by molar-refractivity contribution is 0.268. The van der Waals surface area contributed by atoms with Crippen LogP contribution in [0.1, 0.15) is 69.1 Å². The van der Waals surface area contributed by atoms with Gasteiger partial charge in [-0.15, -0.1) is 0 Å². The summed E-state index contributed by atoms with van der Waals surface area (Å²) in [5.74, 6) is 0. The lowest BCUT2D eigenvalue weighted by Crippen LogP contribution is -2.36. The molecule has 3 aromatic carbocycles. The van der Waals surface area contributed by atoms with E-state index in [4.69, 9.17) is 4.18 Å². The van der Waals surface area contributed by atoms with Crippen molar-refractivity contribution in [2.75, 3.05) is 19.7 Å². The van der Waals surface area contributed by atoms with E-state index in [0.717, 1.165) is 48.9 Å². The van der Waals surface area contributed by atoms with Crippen molar-refractivity contribution in [2.45, 2.75) is 106 Å². The van der Waals surface area contributed by atoms with Crippen LogP contribution in [-0.2, 0) is 40.9 Å². The monoisotopic (exact) mass is 772 g/mol. The van der Waals surface area contributed by atoms with Crippen molar-refractivity contribution in [3.63, 3.8) is 0 Å². The number of rotatable bonds is 12. The molecule has 0 bridgehead atoms. The van der Waals surface area contributed by atoms with Gasteiger partial charge in [-0.2, -0.15) is 17.0 Å². The molecular formula is C38H52N4O7S3. The first-order chi connectivity index (χ1) is 24.8. The molecule has 2 aliphatic rings. The van der Waals surface area contributed by atoms with Gasteiger partial charge < -0.3 is 4.57 Å². The Labute approximate surface area is 310 Å². The van der Waals surface area contributed by atoms with E-state index in [1.807, 2.05) is 57.5 Å². The van der Waals surface area contributed by atoms with Crippen molar-refractivity contribution in [1.82, 2.24) is 18.2 Å². The van der Waals surface area contributed by atoms with Crippen LogP contribution in [0.4, 0.5) is 0 Å². The summed E-state index contributed by atoms with van der Waals surface area (Å²) in [4.78, 5) is 4.79. The molecule has 0 unspecified atom stereocenters. The summed E-state index contributed by atoms with van der Waals surface area (Å²) in [5.41, 5.74) is 3.02. The number of sulfonamides is 2. The summed E-state index contributed by atoms with van der Waals surface area (Å²) in [7, 11) is -10.8. The Morgan fingerprint density at radius 3 is 1.48 bits per heavy atom. The van der Waals surface area contributed by atoms with Crippen LogP contribution in [0, 0.1) is 20.8 Å². The maximum atomic E-state index is 12.9. The van der Waals surface area contributed by atoms with Gasteiger partial charge in [-0.3, -0.25) is 4.18 Å². The molecule has 3 heterocycles. The molecule has 284 valence electrons. The Morgan fingerprint density at radius 2 is 1.06 bits per heavy atom. The normalized spacial score (nSPS) is 18.3. The zero-order valence-electron chi connectivity index (χ0n) is 30.8. The number of aryl methyl sites for hydroxylation is 4. The molecule has 4 aromatic rings. The fourth-order valence-corrected chi connectivity index (χ4v) is 10.7. The first kappa shape index (κ1) is 41.4. The zero-order valence-corrected chi connectivity index (χ0v) is 33.2. The second-order valence-electron chi connectivity index (χ2n) is 12.9. The molecular weight excluding hydrogens is 721 g/mol. The molecule has 0 radical (unpaired) electrons. The van der Waals surface area contributed by atoms with Crippen molar-refractivity contribution in [3.05, 3.63) is 108 Å². The summed E-state index contributed by atoms with van der Waals surface area (Å²) in [6.45, 7) is 11.5. The predicted molar refractivity (Wildman–Crippen MR) is 203 cm³/mol. The third kappa shape index (κ3) is 10.6. The second kappa shape index (κ2) is 18.6. The predicted octanol–water partition coefficient (Wildman–Crippen LogP) is 6.71. The van der Waals surface area contributed by atoms with Crippen LogP contribution in [0.15, 0.2) is 106 Å². The molecule has 0 spiro atoms. The van der Waals surface area contributed by atoms with Crippen molar-refractivity contribution >= 4 is 30.2 Å². The van der Waals surface area contributed by atoms with Crippen LogP contribution >= 0.6 is 0 Å². The van der Waals surface area contributed by atoms with Crippen LogP contribution in [0.5, 0.6) is 0 Å². The second-order valence-corrected chi connectivity index (χ2v) is 18.3. The van der Waals surface area contributed by atoms with Crippen LogP contribution in [0.2, 0.25) is 0 Å². The van der Waals surface area contributed by atoms with E-state index in [-0.39, 0.29) is 28.5 Å². The Kier molecular flexibility index (Phi) is 14.8. The lowest BCUT2D eigenvalue weighted by Gasteiger charge is -2.24. The Balaban J connectivity index is 0.000000228. The molecule has 0 N–H and O–H groups in total. The number of aromatic nitrogens is 2. The largest absolute Gasteiger partial charge is 0.337 e. The summed E-state index contributed by atoms with van der Waals surface area (Å²) in [6, 6.07) is 20.1. The van der Waals surface area contributed by atoms with Crippen LogP contribution in [-0.4, -0.2) is 75.2 Å². The van der Waals surface area contributed by atoms with Gasteiger partial charge in [-0.05, 0) is 95.7 Å².